The number of fused-ring (bicyclic) bond motifs is 5. The van der Waals surface area contributed by atoms with Crippen LogP contribution in [0.15, 0.2) is 23.4 Å². The number of rotatable bonds is 3. The Morgan fingerprint density at radius 3 is 2.66 bits per heavy atom. The zero-order chi connectivity index (χ0) is 20.8. The number of carbonyl (C=O) groups is 2. The maximum Gasteiger partial charge on any atom is 0.308 e. The highest BCUT2D eigenvalue weighted by Gasteiger charge is 2.59. The normalized spacial score (nSPS) is 34.0. The average molecular weight is 399 g/mol. The molecule has 0 aliphatic heterocycles. The van der Waals surface area contributed by atoms with Crippen molar-refractivity contribution in [1.82, 2.24) is 0 Å². The van der Waals surface area contributed by atoms with Gasteiger partial charge in [-0.1, -0.05) is 18.1 Å². The van der Waals surface area contributed by atoms with Gasteiger partial charge >= 0.3 is 11.9 Å². The van der Waals surface area contributed by atoms with Crippen molar-refractivity contribution in [1.29, 1.82) is 0 Å². The lowest BCUT2D eigenvalue weighted by Crippen LogP contribution is -2.46. The number of hydrogen-bond acceptors (Lipinski definition) is 6. The van der Waals surface area contributed by atoms with Crippen molar-refractivity contribution in [3.05, 3.63) is 29.3 Å². The van der Waals surface area contributed by atoms with Crippen LogP contribution in [0.4, 0.5) is 0 Å². The molecule has 0 heterocycles. The van der Waals surface area contributed by atoms with Crippen molar-refractivity contribution >= 4 is 17.7 Å². The second-order valence-electron chi connectivity index (χ2n) is 8.87. The lowest BCUT2D eigenvalue weighted by atomic mass is 9.55. The van der Waals surface area contributed by atoms with E-state index >= 15 is 0 Å². The minimum absolute atomic E-state index is 0.112. The van der Waals surface area contributed by atoms with Gasteiger partial charge in [-0.25, -0.2) is 0 Å². The van der Waals surface area contributed by atoms with Gasteiger partial charge in [0.25, 0.3) is 0 Å². The number of hydrogen-bond donors (Lipinski definition) is 0. The van der Waals surface area contributed by atoms with Crippen molar-refractivity contribution in [2.45, 2.75) is 64.9 Å². The summed E-state index contributed by atoms with van der Waals surface area (Å²) in [6.07, 6.45) is 4.57. The summed E-state index contributed by atoms with van der Waals surface area (Å²) in [4.78, 5) is 28.1. The van der Waals surface area contributed by atoms with Crippen LogP contribution in [-0.4, -0.2) is 30.9 Å². The predicted octanol–water partition coefficient (Wildman–Crippen LogP) is 4.01. The minimum Gasteiger partial charge on any atom is -0.456 e. The summed E-state index contributed by atoms with van der Waals surface area (Å²) in [5.74, 6) is 1.46. The van der Waals surface area contributed by atoms with Gasteiger partial charge < -0.3 is 14.3 Å². The van der Waals surface area contributed by atoms with E-state index in [-0.39, 0.29) is 23.5 Å². The van der Waals surface area contributed by atoms with Gasteiger partial charge in [0.15, 0.2) is 0 Å². The Labute approximate surface area is 171 Å². The topological polar surface area (TPSA) is 74.2 Å². The van der Waals surface area contributed by atoms with Crippen LogP contribution in [0.3, 0.4) is 0 Å². The molecular weight excluding hydrogens is 370 g/mol. The van der Waals surface area contributed by atoms with E-state index in [0.29, 0.717) is 23.5 Å². The lowest BCUT2D eigenvalue weighted by Gasteiger charge is -2.50. The van der Waals surface area contributed by atoms with Gasteiger partial charge in [-0.3, -0.25) is 9.59 Å². The Bertz CT molecular complexity index is 863. The molecule has 2 fully saturated rings. The van der Waals surface area contributed by atoms with Crippen LogP contribution in [0.25, 0.3) is 0 Å². The summed E-state index contributed by atoms with van der Waals surface area (Å²) in [7, 11) is 1.54. The first-order valence-corrected chi connectivity index (χ1v) is 10.4. The molecule has 156 valence electrons. The molecular formula is C23H29NO5. The maximum absolute atomic E-state index is 11.8. The van der Waals surface area contributed by atoms with Crippen LogP contribution in [0.5, 0.6) is 5.75 Å². The molecule has 0 N–H and O–H groups in total. The first-order chi connectivity index (χ1) is 13.8. The van der Waals surface area contributed by atoms with Crippen molar-refractivity contribution in [3.8, 4) is 5.75 Å². The molecule has 6 nitrogen and oxygen atoms in total. The predicted molar refractivity (Wildman–Crippen MR) is 108 cm³/mol. The zero-order valence-electron chi connectivity index (χ0n) is 17.6. The molecule has 0 spiro atoms. The standard InChI is InChI=1S/C23H29NO5/c1-13(25)28-16-6-8-17-15(11-16)5-7-19-18(17)9-10-23(3)20(19)12-21(24-27-4)22(23)29-14(2)26/h6,8,11,18-20,22H,5,7,9-10,12H2,1-4H3/b24-21-/t18-,19-,20+,22?,23+/m1/s1. The molecule has 4 rings (SSSR count). The molecule has 0 aromatic heterocycles. The summed E-state index contributed by atoms with van der Waals surface area (Å²) >= 11 is 0. The second-order valence-corrected chi connectivity index (χ2v) is 8.87. The zero-order valence-corrected chi connectivity index (χ0v) is 17.6. The summed E-state index contributed by atoms with van der Waals surface area (Å²) < 4.78 is 11.0. The Balaban J connectivity index is 1.64. The number of nitrogens with zero attached hydrogens (tertiary/aromatic N) is 1. The molecule has 1 unspecified atom stereocenters. The molecule has 6 heteroatoms. The largest absolute Gasteiger partial charge is 0.456 e. The number of carbonyl (C=O) groups excluding carboxylic acids is 2. The smallest absolute Gasteiger partial charge is 0.308 e. The molecule has 0 saturated heterocycles. The van der Waals surface area contributed by atoms with Crippen LogP contribution < -0.4 is 4.74 Å². The highest BCUT2D eigenvalue weighted by atomic mass is 16.6. The van der Waals surface area contributed by atoms with E-state index < -0.39 is 0 Å². The van der Waals surface area contributed by atoms with Crippen molar-refractivity contribution in [3.63, 3.8) is 0 Å². The van der Waals surface area contributed by atoms with Crippen LogP contribution in [0, 0.1) is 17.3 Å². The molecule has 1 aromatic rings. The molecule has 29 heavy (non-hydrogen) atoms. The highest BCUT2D eigenvalue weighted by Crippen LogP contribution is 2.61. The van der Waals surface area contributed by atoms with Gasteiger partial charge in [0.05, 0.1) is 5.71 Å². The first-order valence-electron chi connectivity index (χ1n) is 10.4. The Hall–Kier alpha value is -2.37. The molecule has 0 radical (unpaired) electrons. The van der Waals surface area contributed by atoms with Gasteiger partial charge in [0, 0.05) is 19.3 Å². The molecule has 3 aliphatic carbocycles. The van der Waals surface area contributed by atoms with Gasteiger partial charge in [-0.15, -0.1) is 0 Å². The summed E-state index contributed by atoms with van der Waals surface area (Å²) in [5.41, 5.74) is 3.40. The Morgan fingerprint density at radius 2 is 1.97 bits per heavy atom. The van der Waals surface area contributed by atoms with E-state index in [1.807, 2.05) is 12.1 Å². The third-order valence-corrected chi connectivity index (χ3v) is 7.22. The van der Waals surface area contributed by atoms with Gasteiger partial charge in [0.2, 0.25) is 0 Å². The summed E-state index contributed by atoms with van der Waals surface area (Å²) in [5, 5.41) is 4.24. The number of esters is 2. The minimum atomic E-state index is -0.307. The van der Waals surface area contributed by atoms with Gasteiger partial charge in [0.1, 0.15) is 19.0 Å². The third-order valence-electron chi connectivity index (χ3n) is 7.22. The first kappa shape index (κ1) is 19.9. The number of aryl methyl sites for hydroxylation is 1. The van der Waals surface area contributed by atoms with Gasteiger partial charge in [-0.2, -0.15) is 0 Å². The van der Waals surface area contributed by atoms with E-state index in [1.54, 1.807) is 7.11 Å². The molecule has 1 aromatic carbocycles. The van der Waals surface area contributed by atoms with Crippen molar-refractivity contribution in [2.24, 2.45) is 22.4 Å². The fourth-order valence-corrected chi connectivity index (χ4v) is 6.13. The second kappa shape index (κ2) is 7.47. The molecule has 2 saturated carbocycles. The fraction of sp³-hybridized carbons (Fsp3) is 0.609. The van der Waals surface area contributed by atoms with Crippen LogP contribution in [-0.2, 0) is 25.6 Å². The van der Waals surface area contributed by atoms with E-state index in [0.717, 1.165) is 37.8 Å². The number of oxime groups is 1. The maximum atomic E-state index is 11.8. The van der Waals surface area contributed by atoms with Crippen LogP contribution in [0.2, 0.25) is 0 Å². The number of benzene rings is 1. The lowest BCUT2D eigenvalue weighted by molar-refractivity contribution is -0.151. The monoisotopic (exact) mass is 399 g/mol. The quantitative estimate of drug-likeness (QED) is 0.436. The molecule has 5 atom stereocenters. The molecule has 3 aliphatic rings. The highest BCUT2D eigenvalue weighted by molar-refractivity contribution is 5.93. The van der Waals surface area contributed by atoms with E-state index in [1.165, 1.54) is 25.0 Å². The Morgan fingerprint density at radius 1 is 1.17 bits per heavy atom. The van der Waals surface area contributed by atoms with Gasteiger partial charge in [-0.05, 0) is 73.1 Å². The van der Waals surface area contributed by atoms with E-state index in [2.05, 4.69) is 18.1 Å². The van der Waals surface area contributed by atoms with Crippen LogP contribution >= 0.6 is 0 Å². The third kappa shape index (κ3) is 3.43. The average Bonchev–Trinajstić information content (AvgIpc) is 2.93. The molecule has 0 amide bonds. The summed E-state index contributed by atoms with van der Waals surface area (Å²) in [6.45, 7) is 5.14. The summed E-state index contributed by atoms with van der Waals surface area (Å²) in [6, 6.07) is 6.06. The van der Waals surface area contributed by atoms with Crippen molar-refractivity contribution in [2.75, 3.05) is 7.11 Å². The Kier molecular flexibility index (Phi) is 5.13. The van der Waals surface area contributed by atoms with E-state index in [9.17, 15) is 9.59 Å². The van der Waals surface area contributed by atoms with Crippen LogP contribution in [0.1, 0.15) is 63.5 Å². The number of ether oxygens (including phenoxy) is 2. The molecule has 0 bridgehead atoms. The van der Waals surface area contributed by atoms with E-state index in [4.69, 9.17) is 14.3 Å². The van der Waals surface area contributed by atoms with Crippen molar-refractivity contribution < 1.29 is 23.9 Å². The fourth-order valence-electron chi connectivity index (χ4n) is 6.13. The SMILES string of the molecule is CO/N=C1/C[C@H]2[C@@H]3CCc4cc(OC(C)=O)ccc4[C@H]3CC[C@]2(C)C1OC(C)=O.